The molecule has 0 spiro atoms. The van der Waals surface area contributed by atoms with E-state index in [1.807, 2.05) is 52.1 Å². The third kappa shape index (κ3) is 4.18. The maximum Gasteiger partial charge on any atom is 0.236 e. The quantitative estimate of drug-likeness (QED) is 0.835. The van der Waals surface area contributed by atoms with E-state index < -0.39 is 0 Å². The number of nitrogens with zero attached hydrogens (tertiary/aromatic N) is 4. The molecule has 0 bridgehead atoms. The Bertz CT molecular complexity index is 635. The Hall–Kier alpha value is -2.18. The Balaban J connectivity index is 1.54. The van der Waals surface area contributed by atoms with Crippen molar-refractivity contribution in [3.05, 3.63) is 42.7 Å². The smallest absolute Gasteiger partial charge is 0.236 e. The maximum absolute atomic E-state index is 12.2. The fraction of sp³-hybridized carbons (Fsp3) is 0.412. The highest BCUT2D eigenvalue weighted by Gasteiger charge is 2.18. The average molecular weight is 314 g/mol. The van der Waals surface area contributed by atoms with Gasteiger partial charge in [0.2, 0.25) is 5.91 Å². The number of rotatable bonds is 5. The molecule has 3 rings (SSSR count). The number of carbonyl (C=O) groups excluding carboxylic acids is 1. The van der Waals surface area contributed by atoms with Gasteiger partial charge in [-0.2, -0.15) is 5.10 Å². The third-order valence-electron chi connectivity index (χ3n) is 3.90. The van der Waals surface area contributed by atoms with Crippen molar-refractivity contribution in [2.75, 3.05) is 39.9 Å². The summed E-state index contributed by atoms with van der Waals surface area (Å²) in [4.78, 5) is 16.1. The zero-order chi connectivity index (χ0) is 16.1. The van der Waals surface area contributed by atoms with Crippen LogP contribution in [0.1, 0.15) is 0 Å². The largest absolute Gasteiger partial charge is 0.378 e. The number of amides is 1. The van der Waals surface area contributed by atoms with E-state index in [1.165, 1.54) is 0 Å². The number of hydrogen-bond donors (Lipinski definition) is 0. The lowest BCUT2D eigenvalue weighted by atomic mass is 10.1. The highest BCUT2D eigenvalue weighted by molar-refractivity contribution is 5.78. The summed E-state index contributed by atoms with van der Waals surface area (Å²) in [5.41, 5.74) is 2.23. The zero-order valence-corrected chi connectivity index (χ0v) is 13.4. The van der Waals surface area contributed by atoms with Crippen molar-refractivity contribution in [1.82, 2.24) is 19.6 Å². The van der Waals surface area contributed by atoms with E-state index in [-0.39, 0.29) is 5.91 Å². The molecular weight excluding hydrogens is 292 g/mol. The van der Waals surface area contributed by atoms with Crippen molar-refractivity contribution in [2.24, 2.45) is 0 Å². The van der Waals surface area contributed by atoms with Crippen molar-refractivity contribution >= 4 is 5.91 Å². The minimum absolute atomic E-state index is 0.145. The summed E-state index contributed by atoms with van der Waals surface area (Å²) in [6, 6.07) is 10.2. The lowest BCUT2D eigenvalue weighted by Gasteiger charge is -2.28. The lowest BCUT2D eigenvalue weighted by Crippen LogP contribution is -2.45. The molecule has 1 saturated heterocycles. The number of hydrogen-bond acceptors (Lipinski definition) is 4. The van der Waals surface area contributed by atoms with Crippen molar-refractivity contribution in [1.29, 1.82) is 0 Å². The normalized spacial score (nSPS) is 15.1. The van der Waals surface area contributed by atoms with Crippen LogP contribution in [-0.2, 0) is 16.2 Å². The van der Waals surface area contributed by atoms with Crippen LogP contribution in [0, 0.1) is 0 Å². The molecule has 6 nitrogen and oxygen atoms in total. The number of aromatic nitrogens is 2. The van der Waals surface area contributed by atoms with Crippen molar-refractivity contribution in [3.8, 4) is 11.1 Å². The van der Waals surface area contributed by atoms with E-state index in [1.54, 1.807) is 0 Å². The molecule has 1 aliphatic heterocycles. The summed E-state index contributed by atoms with van der Waals surface area (Å²) in [6.45, 7) is 3.62. The predicted molar refractivity (Wildman–Crippen MR) is 87.7 cm³/mol. The number of ether oxygens (including phenoxy) is 1. The Morgan fingerprint density at radius 2 is 1.96 bits per heavy atom. The average Bonchev–Trinajstić information content (AvgIpc) is 3.04. The molecule has 0 saturated carbocycles. The van der Waals surface area contributed by atoms with Crippen LogP contribution in [0.25, 0.3) is 11.1 Å². The Labute approximate surface area is 136 Å². The molecule has 23 heavy (non-hydrogen) atoms. The first-order chi connectivity index (χ1) is 11.2. The van der Waals surface area contributed by atoms with Gasteiger partial charge in [-0.05, 0) is 12.6 Å². The lowest BCUT2D eigenvalue weighted by molar-refractivity contribution is -0.136. The Morgan fingerprint density at radius 1 is 1.22 bits per heavy atom. The molecule has 6 heteroatoms. The minimum atomic E-state index is 0.145. The second kappa shape index (κ2) is 7.39. The summed E-state index contributed by atoms with van der Waals surface area (Å²) in [5.74, 6) is 0.145. The second-order valence-electron chi connectivity index (χ2n) is 5.78. The molecule has 122 valence electrons. The monoisotopic (exact) mass is 314 g/mol. The highest BCUT2D eigenvalue weighted by Crippen LogP contribution is 2.17. The van der Waals surface area contributed by atoms with Gasteiger partial charge in [0.05, 0.1) is 32.6 Å². The van der Waals surface area contributed by atoms with Crippen LogP contribution < -0.4 is 0 Å². The first-order valence-electron chi connectivity index (χ1n) is 7.84. The minimum Gasteiger partial charge on any atom is -0.378 e. The summed E-state index contributed by atoms with van der Waals surface area (Å²) >= 11 is 0. The van der Waals surface area contributed by atoms with Crippen LogP contribution in [0.4, 0.5) is 0 Å². The van der Waals surface area contributed by atoms with Gasteiger partial charge in [0.1, 0.15) is 0 Å². The van der Waals surface area contributed by atoms with E-state index in [0.29, 0.717) is 39.5 Å². The molecule has 1 aromatic heterocycles. The summed E-state index contributed by atoms with van der Waals surface area (Å²) in [6.07, 6.45) is 3.86. The molecule has 2 aromatic rings. The summed E-state index contributed by atoms with van der Waals surface area (Å²) in [7, 11) is 1.93. The molecule has 0 unspecified atom stereocenters. The van der Waals surface area contributed by atoms with Crippen LogP contribution in [0.3, 0.4) is 0 Å². The van der Waals surface area contributed by atoms with Crippen LogP contribution >= 0.6 is 0 Å². The Kier molecular flexibility index (Phi) is 5.05. The van der Waals surface area contributed by atoms with E-state index in [2.05, 4.69) is 17.2 Å². The van der Waals surface area contributed by atoms with E-state index >= 15 is 0 Å². The van der Waals surface area contributed by atoms with E-state index in [9.17, 15) is 4.79 Å². The fourth-order valence-corrected chi connectivity index (χ4v) is 2.66. The van der Waals surface area contributed by atoms with Gasteiger partial charge in [-0.25, -0.2) is 0 Å². The number of benzene rings is 1. The van der Waals surface area contributed by atoms with Gasteiger partial charge in [-0.3, -0.25) is 14.4 Å². The Morgan fingerprint density at radius 3 is 2.70 bits per heavy atom. The maximum atomic E-state index is 12.2. The van der Waals surface area contributed by atoms with Crippen LogP contribution in [0.2, 0.25) is 0 Å². The zero-order valence-electron chi connectivity index (χ0n) is 13.4. The van der Waals surface area contributed by atoms with Gasteiger partial charge in [-0.15, -0.1) is 0 Å². The predicted octanol–water partition coefficient (Wildman–Crippen LogP) is 1.30. The molecule has 1 fully saturated rings. The number of likely N-dealkylation sites (N-methyl/N-ethyl adjacent to an activating group) is 1. The van der Waals surface area contributed by atoms with Crippen LogP contribution in [0.15, 0.2) is 42.7 Å². The van der Waals surface area contributed by atoms with E-state index in [0.717, 1.165) is 11.1 Å². The second-order valence-corrected chi connectivity index (χ2v) is 5.78. The highest BCUT2D eigenvalue weighted by atomic mass is 16.5. The number of morpholine rings is 1. The molecule has 1 aliphatic rings. The molecule has 0 radical (unpaired) electrons. The topological polar surface area (TPSA) is 50.6 Å². The third-order valence-corrected chi connectivity index (χ3v) is 3.90. The molecule has 1 amide bonds. The van der Waals surface area contributed by atoms with E-state index in [4.69, 9.17) is 4.74 Å². The molecular formula is C17H22N4O2. The van der Waals surface area contributed by atoms with Crippen LogP contribution in [0.5, 0.6) is 0 Å². The van der Waals surface area contributed by atoms with Crippen molar-refractivity contribution in [3.63, 3.8) is 0 Å². The summed E-state index contributed by atoms with van der Waals surface area (Å²) in [5, 5.41) is 4.38. The molecule has 0 atom stereocenters. The fourth-order valence-electron chi connectivity index (χ4n) is 2.66. The van der Waals surface area contributed by atoms with Gasteiger partial charge < -0.3 is 9.64 Å². The van der Waals surface area contributed by atoms with Gasteiger partial charge in [0.25, 0.3) is 0 Å². The molecule has 0 N–H and O–H groups in total. The van der Waals surface area contributed by atoms with Crippen LogP contribution in [-0.4, -0.2) is 65.4 Å². The van der Waals surface area contributed by atoms with Gasteiger partial charge in [-0.1, -0.05) is 30.3 Å². The standard InChI is InChI=1S/C17H22N4O2/c1-19(13-17(22)20-7-9-23-10-8-20)14-21-12-16(11-18-21)15-5-3-2-4-6-15/h2-6,11-12H,7-10,13-14H2,1H3. The van der Waals surface area contributed by atoms with Gasteiger partial charge in [0, 0.05) is 24.8 Å². The number of carbonyl (C=O) groups is 1. The first kappa shape index (κ1) is 15.7. The summed E-state index contributed by atoms with van der Waals surface area (Å²) < 4.78 is 7.13. The van der Waals surface area contributed by atoms with Gasteiger partial charge in [0.15, 0.2) is 0 Å². The molecule has 0 aliphatic carbocycles. The SMILES string of the molecule is CN(CC(=O)N1CCOCC1)Cn1cc(-c2ccccc2)cn1. The van der Waals surface area contributed by atoms with Gasteiger partial charge >= 0.3 is 0 Å². The van der Waals surface area contributed by atoms with Crippen molar-refractivity contribution < 1.29 is 9.53 Å². The molecule has 2 heterocycles. The molecule has 1 aromatic carbocycles. The van der Waals surface area contributed by atoms with Crippen molar-refractivity contribution in [2.45, 2.75) is 6.67 Å². The first-order valence-corrected chi connectivity index (χ1v) is 7.84.